The number of nitro benzene ring substituents is 1. The van der Waals surface area contributed by atoms with E-state index in [1.165, 1.54) is 6.07 Å². The third-order valence-corrected chi connectivity index (χ3v) is 1.95. The summed E-state index contributed by atoms with van der Waals surface area (Å²) in [5, 5.41) is 19.4. The molecule has 0 unspecified atom stereocenters. The van der Waals surface area contributed by atoms with Crippen molar-refractivity contribution < 1.29 is 9.72 Å². The van der Waals surface area contributed by atoms with Crippen LogP contribution in [-0.4, -0.2) is 10.8 Å². The summed E-state index contributed by atoms with van der Waals surface area (Å²) in [6.45, 7) is 1.58. The summed E-state index contributed by atoms with van der Waals surface area (Å²) in [4.78, 5) is 20.9. The maximum absolute atomic E-state index is 11.0. The van der Waals surface area contributed by atoms with E-state index in [0.29, 0.717) is 5.56 Å². The Hall–Kier alpha value is -2.42. The Kier molecular flexibility index (Phi) is 2.67. The van der Waals surface area contributed by atoms with Gasteiger partial charge in [-0.3, -0.25) is 14.9 Å². The topological polar surface area (TPSA) is 110 Å². The van der Waals surface area contributed by atoms with Gasteiger partial charge in [0.1, 0.15) is 11.6 Å². The van der Waals surface area contributed by atoms with E-state index in [1.807, 2.05) is 0 Å². The average molecular weight is 205 g/mol. The van der Waals surface area contributed by atoms with E-state index >= 15 is 0 Å². The van der Waals surface area contributed by atoms with E-state index in [-0.39, 0.29) is 11.1 Å². The Morgan fingerprint density at radius 3 is 2.60 bits per heavy atom. The van der Waals surface area contributed by atoms with Crippen molar-refractivity contribution in [2.75, 3.05) is 0 Å². The van der Waals surface area contributed by atoms with Crippen molar-refractivity contribution in [1.29, 1.82) is 5.26 Å². The average Bonchev–Trinajstić information content (AvgIpc) is 2.16. The monoisotopic (exact) mass is 205 g/mol. The molecule has 1 aromatic rings. The summed E-state index contributed by atoms with van der Waals surface area (Å²) < 4.78 is 0. The van der Waals surface area contributed by atoms with Crippen LogP contribution >= 0.6 is 0 Å². The Morgan fingerprint density at radius 1 is 1.60 bits per heavy atom. The first-order chi connectivity index (χ1) is 6.99. The van der Waals surface area contributed by atoms with Crippen molar-refractivity contribution in [2.24, 2.45) is 5.73 Å². The number of rotatable bonds is 2. The Bertz CT molecular complexity index is 488. The fourth-order valence-electron chi connectivity index (χ4n) is 1.24. The molecule has 0 aliphatic carbocycles. The number of hydrogen-bond acceptors (Lipinski definition) is 4. The highest BCUT2D eigenvalue weighted by molar-refractivity contribution is 5.99. The van der Waals surface area contributed by atoms with Crippen molar-refractivity contribution in [2.45, 2.75) is 6.92 Å². The molecular weight excluding hydrogens is 198 g/mol. The molecule has 0 spiro atoms. The second-order valence-corrected chi connectivity index (χ2v) is 2.88. The van der Waals surface area contributed by atoms with E-state index < -0.39 is 16.5 Å². The number of nitrogens with two attached hydrogens (primary N) is 1. The molecule has 15 heavy (non-hydrogen) atoms. The number of hydrogen-bond donors (Lipinski definition) is 1. The number of carbonyl (C=O) groups excluding carboxylic acids is 1. The third kappa shape index (κ3) is 1.76. The van der Waals surface area contributed by atoms with Crippen LogP contribution in [0.25, 0.3) is 0 Å². The number of nitriles is 1. The molecule has 0 aromatic heterocycles. The van der Waals surface area contributed by atoms with Crippen LogP contribution in [-0.2, 0) is 0 Å². The van der Waals surface area contributed by atoms with E-state index in [0.717, 1.165) is 6.07 Å². The van der Waals surface area contributed by atoms with Gasteiger partial charge in [0, 0.05) is 6.07 Å². The van der Waals surface area contributed by atoms with Crippen LogP contribution in [0, 0.1) is 28.4 Å². The Balaban J connectivity index is 3.66. The van der Waals surface area contributed by atoms with Gasteiger partial charge < -0.3 is 5.73 Å². The standard InChI is InChI=1S/C9H7N3O3/c1-5-2-3-7(12(14)15)8(9(11)13)6(5)4-10/h2-3H,1H3,(H2,11,13). The molecule has 1 amide bonds. The SMILES string of the molecule is Cc1ccc([N+](=O)[O-])c(C(N)=O)c1C#N. The fraction of sp³-hybridized carbons (Fsp3) is 0.111. The lowest BCUT2D eigenvalue weighted by Gasteiger charge is -2.03. The lowest BCUT2D eigenvalue weighted by atomic mass is 10.0. The van der Waals surface area contributed by atoms with Crippen LogP contribution in [0.2, 0.25) is 0 Å². The molecular formula is C9H7N3O3. The maximum Gasteiger partial charge on any atom is 0.283 e. The van der Waals surface area contributed by atoms with Crippen LogP contribution in [0.1, 0.15) is 21.5 Å². The molecule has 2 N–H and O–H groups in total. The first-order valence-electron chi connectivity index (χ1n) is 3.97. The maximum atomic E-state index is 11.0. The summed E-state index contributed by atoms with van der Waals surface area (Å²) in [6, 6.07) is 4.30. The molecule has 6 nitrogen and oxygen atoms in total. The zero-order valence-electron chi connectivity index (χ0n) is 7.85. The van der Waals surface area contributed by atoms with Gasteiger partial charge in [0.05, 0.1) is 10.5 Å². The highest BCUT2D eigenvalue weighted by Crippen LogP contribution is 2.24. The molecule has 0 radical (unpaired) electrons. The van der Waals surface area contributed by atoms with Gasteiger partial charge in [-0.2, -0.15) is 5.26 Å². The number of nitro groups is 1. The molecule has 0 aliphatic heterocycles. The second-order valence-electron chi connectivity index (χ2n) is 2.88. The minimum atomic E-state index is -0.970. The van der Waals surface area contributed by atoms with Gasteiger partial charge in [0.25, 0.3) is 11.6 Å². The van der Waals surface area contributed by atoms with E-state index in [9.17, 15) is 14.9 Å². The van der Waals surface area contributed by atoms with Gasteiger partial charge in [-0.1, -0.05) is 6.07 Å². The van der Waals surface area contributed by atoms with Crippen LogP contribution in [0.4, 0.5) is 5.69 Å². The minimum Gasteiger partial charge on any atom is -0.365 e. The molecule has 0 bridgehead atoms. The largest absolute Gasteiger partial charge is 0.365 e. The van der Waals surface area contributed by atoms with Gasteiger partial charge in [0.2, 0.25) is 0 Å². The molecule has 6 heteroatoms. The van der Waals surface area contributed by atoms with Crippen molar-refractivity contribution in [3.63, 3.8) is 0 Å². The summed E-state index contributed by atoms with van der Waals surface area (Å²) in [7, 11) is 0. The second kappa shape index (κ2) is 3.75. The van der Waals surface area contributed by atoms with Crippen molar-refractivity contribution in [1.82, 2.24) is 0 Å². The molecule has 1 rings (SSSR count). The van der Waals surface area contributed by atoms with E-state index in [1.54, 1.807) is 13.0 Å². The molecule has 0 heterocycles. The van der Waals surface area contributed by atoms with E-state index in [4.69, 9.17) is 11.0 Å². The van der Waals surface area contributed by atoms with Crippen LogP contribution in [0.3, 0.4) is 0 Å². The van der Waals surface area contributed by atoms with Crippen molar-refractivity contribution in [3.8, 4) is 6.07 Å². The Morgan fingerprint density at radius 2 is 2.20 bits per heavy atom. The zero-order valence-corrected chi connectivity index (χ0v) is 7.85. The summed E-state index contributed by atoms with van der Waals surface area (Å²) in [5.41, 5.74) is 4.67. The van der Waals surface area contributed by atoms with Gasteiger partial charge in [0.15, 0.2) is 0 Å². The van der Waals surface area contributed by atoms with Crippen LogP contribution in [0.15, 0.2) is 12.1 Å². The van der Waals surface area contributed by atoms with Gasteiger partial charge in [-0.15, -0.1) is 0 Å². The highest BCUT2D eigenvalue weighted by atomic mass is 16.6. The fourth-order valence-corrected chi connectivity index (χ4v) is 1.24. The predicted octanol–water partition coefficient (Wildman–Crippen LogP) is 0.874. The minimum absolute atomic E-state index is 0.0447. The lowest BCUT2D eigenvalue weighted by Crippen LogP contribution is -2.16. The molecule has 0 aliphatic rings. The normalized spacial score (nSPS) is 9.33. The first-order valence-corrected chi connectivity index (χ1v) is 3.97. The van der Waals surface area contributed by atoms with Crippen LogP contribution in [0.5, 0.6) is 0 Å². The van der Waals surface area contributed by atoms with Gasteiger partial charge in [-0.25, -0.2) is 0 Å². The molecule has 0 saturated heterocycles. The number of carbonyl (C=O) groups is 1. The number of benzene rings is 1. The number of amides is 1. The van der Waals surface area contributed by atoms with Gasteiger partial charge >= 0.3 is 0 Å². The summed E-state index contributed by atoms with van der Waals surface area (Å²) >= 11 is 0. The molecule has 76 valence electrons. The smallest absolute Gasteiger partial charge is 0.283 e. The molecule has 0 fully saturated rings. The molecule has 0 saturated carbocycles. The highest BCUT2D eigenvalue weighted by Gasteiger charge is 2.23. The quantitative estimate of drug-likeness (QED) is 0.570. The number of nitrogens with zero attached hydrogens (tertiary/aromatic N) is 2. The first kappa shape index (κ1) is 10.7. The number of aryl methyl sites for hydroxylation is 1. The number of primary amides is 1. The third-order valence-electron chi connectivity index (χ3n) is 1.95. The van der Waals surface area contributed by atoms with Crippen molar-refractivity contribution >= 4 is 11.6 Å². The Labute approximate surface area is 85.1 Å². The summed E-state index contributed by atoms with van der Waals surface area (Å²) in [6.07, 6.45) is 0. The molecule has 1 aromatic carbocycles. The van der Waals surface area contributed by atoms with E-state index in [2.05, 4.69) is 0 Å². The zero-order chi connectivity index (χ0) is 11.6. The van der Waals surface area contributed by atoms with Crippen LogP contribution < -0.4 is 5.73 Å². The van der Waals surface area contributed by atoms with Gasteiger partial charge in [-0.05, 0) is 12.5 Å². The van der Waals surface area contributed by atoms with Crippen molar-refractivity contribution in [3.05, 3.63) is 38.9 Å². The molecule has 0 atom stereocenters. The predicted molar refractivity (Wildman–Crippen MR) is 51.1 cm³/mol. The summed E-state index contributed by atoms with van der Waals surface area (Å²) in [5.74, 6) is -0.970. The lowest BCUT2D eigenvalue weighted by molar-refractivity contribution is -0.385.